The molecule has 2 aromatic rings. The number of amides is 1. The van der Waals surface area contributed by atoms with Crippen LogP contribution in [0.3, 0.4) is 0 Å². The molecule has 8 heteroatoms. The number of para-hydroxylation sites is 2. The molecule has 1 aliphatic rings. The predicted octanol–water partition coefficient (Wildman–Crippen LogP) is 1.43. The highest BCUT2D eigenvalue weighted by Gasteiger charge is 2.21. The molecular formula is C14H15N3O4S. The van der Waals surface area contributed by atoms with Gasteiger partial charge in [-0.3, -0.25) is 4.79 Å². The highest BCUT2D eigenvalue weighted by Crippen LogP contribution is 2.30. The van der Waals surface area contributed by atoms with Gasteiger partial charge in [-0.25, -0.2) is 0 Å². The maximum atomic E-state index is 11.8. The molecule has 0 aliphatic carbocycles. The third-order valence-corrected chi connectivity index (χ3v) is 3.75. The van der Waals surface area contributed by atoms with Gasteiger partial charge in [0, 0.05) is 6.92 Å². The van der Waals surface area contributed by atoms with Crippen molar-refractivity contribution in [1.82, 2.24) is 15.5 Å². The summed E-state index contributed by atoms with van der Waals surface area (Å²) in [7, 11) is 0. The van der Waals surface area contributed by atoms with E-state index in [1.54, 1.807) is 6.92 Å². The fourth-order valence-electron chi connectivity index (χ4n) is 1.91. The van der Waals surface area contributed by atoms with Gasteiger partial charge >= 0.3 is 0 Å². The molecule has 1 aliphatic heterocycles. The molecule has 116 valence electrons. The molecule has 1 N–H and O–H groups in total. The lowest BCUT2D eigenvalue weighted by Crippen LogP contribution is -2.41. The Bertz CT molecular complexity index is 661. The maximum Gasteiger partial charge on any atom is 0.277 e. The first kappa shape index (κ1) is 14.7. The fraction of sp³-hybridized carbons (Fsp3) is 0.357. The highest BCUT2D eigenvalue weighted by molar-refractivity contribution is 7.99. The molecule has 0 saturated heterocycles. The van der Waals surface area contributed by atoms with Crippen molar-refractivity contribution in [2.24, 2.45) is 0 Å². The molecule has 0 radical (unpaired) electrons. The Kier molecular flexibility index (Phi) is 4.47. The summed E-state index contributed by atoms with van der Waals surface area (Å²) in [6, 6.07) is 7.47. The van der Waals surface area contributed by atoms with Crippen LogP contribution < -0.4 is 14.8 Å². The summed E-state index contributed by atoms with van der Waals surface area (Å²) in [6.45, 7) is 2.50. The summed E-state index contributed by atoms with van der Waals surface area (Å²) in [5, 5.41) is 10.7. The average Bonchev–Trinajstić information content (AvgIpc) is 2.96. The van der Waals surface area contributed by atoms with Crippen molar-refractivity contribution in [3.63, 3.8) is 0 Å². The van der Waals surface area contributed by atoms with E-state index < -0.39 is 0 Å². The number of hydrogen-bond donors (Lipinski definition) is 1. The average molecular weight is 321 g/mol. The van der Waals surface area contributed by atoms with Gasteiger partial charge in [0.1, 0.15) is 12.7 Å². The minimum Gasteiger partial charge on any atom is -0.486 e. The Balaban J connectivity index is 1.42. The second-order valence-electron chi connectivity index (χ2n) is 4.68. The molecule has 2 heterocycles. The smallest absolute Gasteiger partial charge is 0.277 e. The van der Waals surface area contributed by atoms with Crippen LogP contribution in [0.4, 0.5) is 0 Å². The van der Waals surface area contributed by atoms with Crippen molar-refractivity contribution >= 4 is 17.7 Å². The second-order valence-corrected chi connectivity index (χ2v) is 5.60. The quantitative estimate of drug-likeness (QED) is 0.834. The topological polar surface area (TPSA) is 86.5 Å². The van der Waals surface area contributed by atoms with Gasteiger partial charge in [-0.1, -0.05) is 23.9 Å². The minimum absolute atomic E-state index is 0.122. The molecule has 22 heavy (non-hydrogen) atoms. The Morgan fingerprint density at radius 2 is 2.18 bits per heavy atom. The van der Waals surface area contributed by atoms with E-state index in [1.165, 1.54) is 11.8 Å². The monoisotopic (exact) mass is 321 g/mol. The summed E-state index contributed by atoms with van der Waals surface area (Å²) >= 11 is 1.20. The van der Waals surface area contributed by atoms with Crippen molar-refractivity contribution in [1.29, 1.82) is 0 Å². The van der Waals surface area contributed by atoms with Crippen LogP contribution in [0.1, 0.15) is 5.89 Å². The lowest BCUT2D eigenvalue weighted by Gasteiger charge is -2.26. The molecule has 1 atom stereocenters. The molecule has 0 saturated carbocycles. The number of aromatic nitrogens is 2. The SMILES string of the molecule is Cc1nnc(SCC(=O)NC[C@H]2COc3ccccc3O2)o1. The first-order chi connectivity index (χ1) is 10.7. The summed E-state index contributed by atoms with van der Waals surface area (Å²) in [5.74, 6) is 2.00. The van der Waals surface area contributed by atoms with Crippen LogP contribution in [-0.4, -0.2) is 41.1 Å². The van der Waals surface area contributed by atoms with E-state index in [9.17, 15) is 4.79 Å². The molecule has 1 aromatic heterocycles. The number of hydrogen-bond acceptors (Lipinski definition) is 7. The van der Waals surface area contributed by atoms with Gasteiger partial charge in [0.25, 0.3) is 5.22 Å². The number of carbonyl (C=O) groups excluding carboxylic acids is 1. The Morgan fingerprint density at radius 1 is 1.36 bits per heavy atom. The van der Waals surface area contributed by atoms with Crippen molar-refractivity contribution in [3.05, 3.63) is 30.2 Å². The van der Waals surface area contributed by atoms with E-state index in [0.29, 0.717) is 30.0 Å². The van der Waals surface area contributed by atoms with Crippen molar-refractivity contribution in [2.75, 3.05) is 18.9 Å². The van der Waals surface area contributed by atoms with Crippen LogP contribution in [-0.2, 0) is 4.79 Å². The molecule has 0 fully saturated rings. The van der Waals surface area contributed by atoms with Gasteiger partial charge in [0.2, 0.25) is 11.8 Å². The van der Waals surface area contributed by atoms with E-state index in [0.717, 1.165) is 5.75 Å². The number of aryl methyl sites for hydroxylation is 1. The number of benzene rings is 1. The number of rotatable bonds is 5. The molecule has 1 amide bonds. The van der Waals surface area contributed by atoms with Gasteiger partial charge in [-0.05, 0) is 12.1 Å². The Morgan fingerprint density at radius 3 is 2.95 bits per heavy atom. The lowest BCUT2D eigenvalue weighted by atomic mass is 10.2. The normalized spacial score (nSPS) is 16.3. The molecule has 7 nitrogen and oxygen atoms in total. The van der Waals surface area contributed by atoms with Crippen LogP contribution in [0.25, 0.3) is 0 Å². The molecule has 0 bridgehead atoms. The number of nitrogens with one attached hydrogen (secondary N) is 1. The van der Waals surface area contributed by atoms with Gasteiger partial charge in [0.15, 0.2) is 11.5 Å². The van der Waals surface area contributed by atoms with Crippen LogP contribution in [0.2, 0.25) is 0 Å². The standard InChI is InChI=1S/C14H15N3O4S/c1-9-16-17-14(20-9)22-8-13(18)15-6-10-7-19-11-4-2-3-5-12(11)21-10/h2-5,10H,6-8H2,1H3,(H,15,18)/t10-/m0/s1. The predicted molar refractivity (Wildman–Crippen MR) is 79.1 cm³/mol. The van der Waals surface area contributed by atoms with Crippen LogP contribution >= 0.6 is 11.8 Å². The fourth-order valence-corrected chi connectivity index (χ4v) is 2.54. The van der Waals surface area contributed by atoms with E-state index in [2.05, 4.69) is 15.5 Å². The molecule has 1 aromatic carbocycles. The van der Waals surface area contributed by atoms with Crippen LogP contribution in [0.5, 0.6) is 11.5 Å². The molecule has 0 unspecified atom stereocenters. The number of fused-ring (bicyclic) bond motifs is 1. The summed E-state index contributed by atoms with van der Waals surface area (Å²) in [6.07, 6.45) is -0.200. The molecule has 0 spiro atoms. The van der Waals surface area contributed by atoms with Crippen molar-refractivity contribution in [3.8, 4) is 11.5 Å². The third kappa shape index (κ3) is 3.70. The van der Waals surface area contributed by atoms with E-state index in [1.807, 2.05) is 24.3 Å². The first-order valence-corrected chi connectivity index (χ1v) is 7.77. The zero-order chi connectivity index (χ0) is 15.4. The molecular weight excluding hydrogens is 306 g/mol. The van der Waals surface area contributed by atoms with Crippen LogP contribution in [0.15, 0.2) is 33.9 Å². The number of ether oxygens (including phenoxy) is 2. The van der Waals surface area contributed by atoms with E-state index >= 15 is 0 Å². The van der Waals surface area contributed by atoms with Gasteiger partial charge < -0.3 is 19.2 Å². The maximum absolute atomic E-state index is 11.8. The van der Waals surface area contributed by atoms with E-state index in [4.69, 9.17) is 13.9 Å². The summed E-state index contributed by atoms with van der Waals surface area (Å²) in [4.78, 5) is 11.8. The van der Waals surface area contributed by atoms with Crippen molar-refractivity contribution in [2.45, 2.75) is 18.3 Å². The summed E-state index contributed by atoms with van der Waals surface area (Å²) in [5.41, 5.74) is 0. The number of carbonyl (C=O) groups is 1. The van der Waals surface area contributed by atoms with Crippen molar-refractivity contribution < 1.29 is 18.7 Å². The highest BCUT2D eigenvalue weighted by atomic mass is 32.2. The second kappa shape index (κ2) is 6.69. The number of nitrogens with zero attached hydrogens (tertiary/aromatic N) is 2. The zero-order valence-corrected chi connectivity index (χ0v) is 12.8. The largest absolute Gasteiger partial charge is 0.486 e. The lowest BCUT2D eigenvalue weighted by molar-refractivity contribution is -0.119. The molecule has 3 rings (SSSR count). The Hall–Kier alpha value is -2.22. The van der Waals surface area contributed by atoms with Gasteiger partial charge in [-0.15, -0.1) is 10.2 Å². The Labute approximate surface area is 131 Å². The first-order valence-electron chi connectivity index (χ1n) is 6.79. The third-order valence-electron chi connectivity index (χ3n) is 2.93. The zero-order valence-electron chi connectivity index (χ0n) is 11.9. The van der Waals surface area contributed by atoms with Crippen LogP contribution in [0, 0.1) is 6.92 Å². The summed E-state index contributed by atoms with van der Waals surface area (Å²) < 4.78 is 16.5. The van der Waals surface area contributed by atoms with E-state index in [-0.39, 0.29) is 17.8 Å². The van der Waals surface area contributed by atoms with Gasteiger partial charge in [-0.2, -0.15) is 0 Å². The van der Waals surface area contributed by atoms with Gasteiger partial charge in [0.05, 0.1) is 12.3 Å². The number of thioether (sulfide) groups is 1. The minimum atomic E-state index is -0.200.